The first kappa shape index (κ1) is 12.2. The van der Waals surface area contributed by atoms with Crippen LogP contribution in [-0.2, 0) is 0 Å². The van der Waals surface area contributed by atoms with Crippen LogP contribution in [0.3, 0.4) is 0 Å². The van der Waals surface area contributed by atoms with E-state index in [1.54, 1.807) is 0 Å². The molecule has 1 aromatic carbocycles. The van der Waals surface area contributed by atoms with E-state index in [-0.39, 0.29) is 11.6 Å². The largest absolute Gasteiger partial charge is 0.322 e. The second-order valence-corrected chi connectivity index (χ2v) is 5.89. The van der Waals surface area contributed by atoms with Gasteiger partial charge in [0.25, 0.3) is 0 Å². The van der Waals surface area contributed by atoms with Gasteiger partial charge in [0.1, 0.15) is 0 Å². The van der Waals surface area contributed by atoms with Crippen LogP contribution in [0.4, 0.5) is 0 Å². The van der Waals surface area contributed by atoms with E-state index < -0.39 is 0 Å². The van der Waals surface area contributed by atoms with E-state index in [1.807, 2.05) is 0 Å². The molecule has 3 rings (SSSR count). The van der Waals surface area contributed by atoms with Gasteiger partial charge in [0, 0.05) is 11.6 Å². The first-order valence-electron chi connectivity index (χ1n) is 7.38. The van der Waals surface area contributed by atoms with Crippen molar-refractivity contribution in [1.82, 2.24) is 4.90 Å². The Hall–Kier alpha value is -0.860. The third-order valence-corrected chi connectivity index (χ3v) is 4.94. The summed E-state index contributed by atoms with van der Waals surface area (Å²) in [5.74, 6) is 0. The number of hydrogen-bond acceptors (Lipinski definition) is 2. The molecule has 0 spiro atoms. The first-order chi connectivity index (χ1) is 8.83. The Labute approximate surface area is 110 Å². The van der Waals surface area contributed by atoms with Crippen molar-refractivity contribution >= 4 is 0 Å². The zero-order chi connectivity index (χ0) is 12.4. The van der Waals surface area contributed by atoms with Crippen molar-refractivity contribution < 1.29 is 0 Å². The molecule has 2 nitrogen and oxygen atoms in total. The highest BCUT2D eigenvalue weighted by Gasteiger charge is 2.45. The molecule has 2 fully saturated rings. The molecule has 2 aliphatic rings. The Morgan fingerprint density at radius 2 is 1.56 bits per heavy atom. The van der Waals surface area contributed by atoms with Crippen LogP contribution in [0.25, 0.3) is 0 Å². The highest BCUT2D eigenvalue weighted by Crippen LogP contribution is 2.44. The first-order valence-corrected chi connectivity index (χ1v) is 7.38. The lowest BCUT2D eigenvalue weighted by atomic mass is 9.82. The summed E-state index contributed by atoms with van der Waals surface area (Å²) in [6.45, 7) is 2.50. The molecule has 1 saturated carbocycles. The SMILES string of the molecule is N[C@@H](c1ccccc1)C1(N2CCCC2)CCCC1. The van der Waals surface area contributed by atoms with Crippen LogP contribution in [0, 0.1) is 0 Å². The van der Waals surface area contributed by atoms with Gasteiger partial charge in [0.15, 0.2) is 0 Å². The van der Waals surface area contributed by atoms with E-state index in [4.69, 9.17) is 5.73 Å². The van der Waals surface area contributed by atoms with E-state index >= 15 is 0 Å². The van der Waals surface area contributed by atoms with Crippen LogP contribution in [0.1, 0.15) is 50.1 Å². The van der Waals surface area contributed by atoms with Gasteiger partial charge < -0.3 is 5.73 Å². The van der Waals surface area contributed by atoms with E-state index in [9.17, 15) is 0 Å². The van der Waals surface area contributed by atoms with Crippen molar-refractivity contribution in [3.05, 3.63) is 35.9 Å². The fraction of sp³-hybridized carbons (Fsp3) is 0.625. The maximum atomic E-state index is 6.67. The maximum Gasteiger partial charge on any atom is 0.0482 e. The number of nitrogens with zero attached hydrogens (tertiary/aromatic N) is 1. The molecule has 1 aromatic rings. The number of hydrogen-bond donors (Lipinski definition) is 1. The standard InChI is InChI=1S/C16H24N2/c17-15(14-8-2-1-3-9-14)16(10-4-5-11-16)18-12-6-7-13-18/h1-3,8-9,15H,4-7,10-13,17H2/t15-/m0/s1. The lowest BCUT2D eigenvalue weighted by molar-refractivity contribution is 0.0922. The van der Waals surface area contributed by atoms with Gasteiger partial charge in [0.2, 0.25) is 0 Å². The van der Waals surface area contributed by atoms with Gasteiger partial charge in [-0.1, -0.05) is 43.2 Å². The van der Waals surface area contributed by atoms with Crippen molar-refractivity contribution in [1.29, 1.82) is 0 Å². The molecule has 1 atom stereocenters. The summed E-state index contributed by atoms with van der Waals surface area (Å²) in [5, 5.41) is 0. The minimum Gasteiger partial charge on any atom is -0.322 e. The zero-order valence-electron chi connectivity index (χ0n) is 11.1. The van der Waals surface area contributed by atoms with Gasteiger partial charge >= 0.3 is 0 Å². The molecule has 1 heterocycles. The summed E-state index contributed by atoms with van der Waals surface area (Å²) in [5.41, 5.74) is 8.23. The molecule has 0 bridgehead atoms. The topological polar surface area (TPSA) is 29.3 Å². The normalized spacial score (nSPS) is 25.4. The second-order valence-electron chi connectivity index (χ2n) is 5.89. The summed E-state index contributed by atoms with van der Waals surface area (Å²) < 4.78 is 0. The minimum atomic E-state index is 0.180. The van der Waals surface area contributed by atoms with Gasteiger partial charge in [0.05, 0.1) is 0 Å². The average molecular weight is 244 g/mol. The summed E-state index contributed by atoms with van der Waals surface area (Å²) in [7, 11) is 0. The third kappa shape index (κ3) is 1.98. The van der Waals surface area contributed by atoms with Crippen LogP contribution in [0.15, 0.2) is 30.3 Å². The van der Waals surface area contributed by atoms with Crippen molar-refractivity contribution in [3.8, 4) is 0 Å². The minimum absolute atomic E-state index is 0.180. The molecule has 98 valence electrons. The van der Waals surface area contributed by atoms with Gasteiger partial charge in [-0.3, -0.25) is 4.90 Å². The maximum absolute atomic E-state index is 6.67. The van der Waals surface area contributed by atoms with E-state index in [1.165, 1.54) is 57.2 Å². The van der Waals surface area contributed by atoms with Crippen LogP contribution < -0.4 is 5.73 Å². The molecular weight excluding hydrogens is 220 g/mol. The predicted molar refractivity (Wildman–Crippen MR) is 75.4 cm³/mol. The third-order valence-electron chi connectivity index (χ3n) is 4.94. The summed E-state index contributed by atoms with van der Waals surface area (Å²) >= 11 is 0. The Kier molecular flexibility index (Phi) is 3.40. The molecular formula is C16H24N2. The molecule has 1 saturated heterocycles. The molecule has 1 aliphatic carbocycles. The van der Waals surface area contributed by atoms with E-state index in [0.717, 1.165) is 0 Å². The van der Waals surface area contributed by atoms with Crippen molar-refractivity contribution in [3.63, 3.8) is 0 Å². The lowest BCUT2D eigenvalue weighted by Gasteiger charge is -2.43. The van der Waals surface area contributed by atoms with Crippen LogP contribution in [0.2, 0.25) is 0 Å². The molecule has 2 heteroatoms. The van der Waals surface area contributed by atoms with Crippen molar-refractivity contribution in [2.24, 2.45) is 5.73 Å². The highest BCUT2D eigenvalue weighted by molar-refractivity contribution is 5.24. The predicted octanol–water partition coefficient (Wildman–Crippen LogP) is 3.10. The molecule has 2 N–H and O–H groups in total. The van der Waals surface area contributed by atoms with Crippen LogP contribution in [0.5, 0.6) is 0 Å². The Morgan fingerprint density at radius 1 is 0.944 bits per heavy atom. The monoisotopic (exact) mass is 244 g/mol. The van der Waals surface area contributed by atoms with Crippen LogP contribution in [-0.4, -0.2) is 23.5 Å². The van der Waals surface area contributed by atoms with E-state index in [2.05, 4.69) is 35.2 Å². The fourth-order valence-electron chi connectivity index (χ4n) is 3.94. The molecule has 0 aromatic heterocycles. The quantitative estimate of drug-likeness (QED) is 0.885. The van der Waals surface area contributed by atoms with Crippen molar-refractivity contribution in [2.75, 3.05) is 13.1 Å². The van der Waals surface area contributed by atoms with Gasteiger partial charge in [-0.05, 0) is 44.3 Å². The molecule has 0 unspecified atom stereocenters. The number of benzene rings is 1. The van der Waals surface area contributed by atoms with Gasteiger partial charge in [-0.2, -0.15) is 0 Å². The Balaban J connectivity index is 1.89. The Bertz CT molecular complexity index is 375. The number of likely N-dealkylation sites (tertiary alicyclic amines) is 1. The molecule has 0 amide bonds. The summed E-state index contributed by atoms with van der Waals surface area (Å²) in [6, 6.07) is 10.9. The zero-order valence-corrected chi connectivity index (χ0v) is 11.1. The fourth-order valence-corrected chi connectivity index (χ4v) is 3.94. The highest BCUT2D eigenvalue weighted by atomic mass is 15.2. The van der Waals surface area contributed by atoms with Gasteiger partial charge in [-0.15, -0.1) is 0 Å². The van der Waals surface area contributed by atoms with Gasteiger partial charge in [-0.25, -0.2) is 0 Å². The molecule has 1 aliphatic heterocycles. The smallest absolute Gasteiger partial charge is 0.0482 e. The number of nitrogens with two attached hydrogens (primary N) is 1. The summed E-state index contributed by atoms with van der Waals surface area (Å²) in [6.07, 6.45) is 7.95. The van der Waals surface area contributed by atoms with Crippen LogP contribution >= 0.6 is 0 Å². The average Bonchev–Trinajstić information content (AvgIpc) is 3.10. The lowest BCUT2D eigenvalue weighted by Crippen LogP contribution is -2.52. The van der Waals surface area contributed by atoms with Crippen molar-refractivity contribution in [2.45, 2.75) is 50.1 Å². The molecule has 18 heavy (non-hydrogen) atoms. The Morgan fingerprint density at radius 3 is 2.17 bits per heavy atom. The summed E-state index contributed by atoms with van der Waals surface area (Å²) in [4.78, 5) is 2.69. The number of rotatable bonds is 3. The molecule has 0 radical (unpaired) electrons. The second kappa shape index (κ2) is 5.02. The van der Waals surface area contributed by atoms with E-state index in [0.29, 0.717) is 0 Å².